The van der Waals surface area contributed by atoms with Crippen LogP contribution in [0.3, 0.4) is 0 Å². The van der Waals surface area contributed by atoms with Crippen LogP contribution in [-0.2, 0) is 4.74 Å². The maximum Gasteiger partial charge on any atom is 0.410 e. The summed E-state index contributed by atoms with van der Waals surface area (Å²) in [4.78, 5) is 37.9. The number of anilines is 3. The van der Waals surface area contributed by atoms with Crippen molar-refractivity contribution in [2.45, 2.75) is 26.4 Å². The largest absolute Gasteiger partial charge is 0.453 e. The zero-order valence-corrected chi connectivity index (χ0v) is 23.7. The lowest BCUT2D eigenvalue weighted by molar-refractivity contribution is 0.0240. The van der Waals surface area contributed by atoms with Crippen molar-refractivity contribution in [2.24, 2.45) is 0 Å². The van der Waals surface area contributed by atoms with E-state index in [1.54, 1.807) is 33.9 Å². The molecule has 1 amide bonds. The van der Waals surface area contributed by atoms with Gasteiger partial charge in [0, 0.05) is 50.2 Å². The van der Waals surface area contributed by atoms with Crippen LogP contribution in [0.1, 0.15) is 20.8 Å². The molecule has 1 aliphatic rings. The molecular formula is C27H26ClFN10O3. The fourth-order valence-electron chi connectivity index (χ4n) is 4.35. The summed E-state index contributed by atoms with van der Waals surface area (Å²) in [5.41, 5.74) is 1.26. The quantitative estimate of drug-likeness (QED) is 0.300. The Morgan fingerprint density at radius 3 is 2.62 bits per heavy atom. The van der Waals surface area contributed by atoms with Gasteiger partial charge >= 0.3 is 6.09 Å². The van der Waals surface area contributed by atoms with Crippen molar-refractivity contribution in [3.05, 3.63) is 60.2 Å². The Balaban J connectivity index is 1.19. The summed E-state index contributed by atoms with van der Waals surface area (Å²) >= 11 is 6.42. The molecule has 5 aromatic rings. The Labute approximate surface area is 244 Å². The van der Waals surface area contributed by atoms with Gasteiger partial charge in [0.1, 0.15) is 35.0 Å². The van der Waals surface area contributed by atoms with Crippen LogP contribution in [-0.4, -0.2) is 77.3 Å². The van der Waals surface area contributed by atoms with E-state index in [-0.39, 0.29) is 16.9 Å². The molecule has 1 aliphatic heterocycles. The maximum absolute atomic E-state index is 15.2. The third kappa shape index (κ3) is 5.79. The molecule has 42 heavy (non-hydrogen) atoms. The number of benzene rings is 1. The lowest BCUT2D eigenvalue weighted by Gasteiger charge is -2.35. The third-order valence-corrected chi connectivity index (χ3v) is 6.59. The summed E-state index contributed by atoms with van der Waals surface area (Å²) < 4.78 is 27.9. The van der Waals surface area contributed by atoms with Crippen molar-refractivity contribution in [1.29, 1.82) is 0 Å². The monoisotopic (exact) mass is 592 g/mol. The van der Waals surface area contributed by atoms with Crippen LogP contribution < -0.4 is 15.0 Å². The molecule has 0 atom stereocenters. The smallest absolute Gasteiger partial charge is 0.410 e. The van der Waals surface area contributed by atoms with Crippen LogP contribution in [0.25, 0.3) is 16.7 Å². The minimum Gasteiger partial charge on any atom is -0.453 e. The van der Waals surface area contributed by atoms with Crippen LogP contribution in [0.5, 0.6) is 11.5 Å². The second-order valence-electron chi connectivity index (χ2n) is 10.5. The summed E-state index contributed by atoms with van der Waals surface area (Å²) in [7, 11) is 0. The lowest BCUT2D eigenvalue weighted by Crippen LogP contribution is -2.50. The number of carbonyl (C=O) groups excluding carboxylic acids is 1. The number of halogens is 2. The van der Waals surface area contributed by atoms with Crippen LogP contribution >= 0.6 is 11.6 Å². The predicted molar refractivity (Wildman–Crippen MR) is 153 cm³/mol. The molecule has 1 aromatic carbocycles. The molecule has 6 rings (SSSR count). The molecule has 0 radical (unpaired) electrons. The number of rotatable bonds is 5. The molecule has 13 nitrogen and oxygen atoms in total. The average molecular weight is 593 g/mol. The van der Waals surface area contributed by atoms with Gasteiger partial charge in [0.25, 0.3) is 0 Å². The predicted octanol–water partition coefficient (Wildman–Crippen LogP) is 4.85. The van der Waals surface area contributed by atoms with Crippen LogP contribution in [0, 0.1) is 5.82 Å². The summed E-state index contributed by atoms with van der Waals surface area (Å²) in [6.45, 7) is 7.48. The normalized spacial score (nSPS) is 13.9. The van der Waals surface area contributed by atoms with Crippen LogP contribution in [0.4, 0.5) is 26.6 Å². The molecule has 1 N–H and O–H groups in total. The highest BCUT2D eigenvalue weighted by molar-refractivity contribution is 6.32. The molecule has 0 spiro atoms. The van der Waals surface area contributed by atoms with Gasteiger partial charge in [-0.3, -0.25) is 0 Å². The van der Waals surface area contributed by atoms with Crippen molar-refractivity contribution in [2.75, 3.05) is 36.4 Å². The molecule has 0 bridgehead atoms. The minimum absolute atomic E-state index is 0.0513. The maximum atomic E-state index is 15.2. The van der Waals surface area contributed by atoms with Crippen molar-refractivity contribution >= 4 is 51.8 Å². The van der Waals surface area contributed by atoms with Crippen molar-refractivity contribution < 1.29 is 18.7 Å². The number of fused-ring (bicyclic) bond motifs is 2. The molecule has 1 fully saturated rings. The van der Waals surface area contributed by atoms with Crippen molar-refractivity contribution in [3.8, 4) is 11.5 Å². The number of aromatic nitrogens is 7. The van der Waals surface area contributed by atoms with E-state index in [0.29, 0.717) is 66.1 Å². The van der Waals surface area contributed by atoms with Gasteiger partial charge in [0.05, 0.1) is 11.2 Å². The van der Waals surface area contributed by atoms with E-state index in [9.17, 15) is 4.79 Å². The fraction of sp³-hybridized carbons (Fsp3) is 0.296. The van der Waals surface area contributed by atoms with Gasteiger partial charge in [-0.15, -0.1) is 0 Å². The van der Waals surface area contributed by atoms with Gasteiger partial charge in [-0.1, -0.05) is 11.6 Å². The summed E-state index contributed by atoms with van der Waals surface area (Å²) in [6, 6.07) is 6.03. The average Bonchev–Trinajstić information content (AvgIpc) is 3.42. The summed E-state index contributed by atoms with van der Waals surface area (Å²) in [6.07, 6.45) is 5.67. The van der Waals surface area contributed by atoms with E-state index in [1.165, 1.54) is 24.8 Å². The van der Waals surface area contributed by atoms with Gasteiger partial charge in [-0.25, -0.2) is 38.6 Å². The number of carbonyl (C=O) groups is 1. The molecule has 4 aromatic heterocycles. The lowest BCUT2D eigenvalue weighted by atomic mass is 10.2. The highest BCUT2D eigenvalue weighted by Gasteiger charge is 2.27. The first kappa shape index (κ1) is 27.3. The minimum atomic E-state index is -0.678. The van der Waals surface area contributed by atoms with Crippen molar-refractivity contribution in [1.82, 2.24) is 39.4 Å². The molecule has 5 heterocycles. The van der Waals surface area contributed by atoms with Gasteiger partial charge < -0.3 is 24.6 Å². The number of piperazine rings is 1. The first-order valence-corrected chi connectivity index (χ1v) is 13.4. The van der Waals surface area contributed by atoms with Crippen LogP contribution in [0.15, 0.2) is 49.3 Å². The molecule has 1 saturated heterocycles. The van der Waals surface area contributed by atoms with E-state index in [4.69, 9.17) is 26.1 Å². The Hall–Kier alpha value is -4.85. The summed E-state index contributed by atoms with van der Waals surface area (Å²) in [5, 5.41) is 7.16. The SMILES string of the molecule is CC(C)(C)OC(=O)N1CCN(c2ncc3ncnc(Nc4cc(F)c(Oc5ccn6ncnc6c5)c(Cl)c4)c3n2)CC1. The highest BCUT2D eigenvalue weighted by Crippen LogP contribution is 2.36. The third-order valence-electron chi connectivity index (χ3n) is 6.31. The number of ether oxygens (including phenoxy) is 2. The topological polar surface area (TPSA) is 136 Å². The molecule has 0 aliphatic carbocycles. The number of pyridine rings is 1. The number of hydrogen-bond acceptors (Lipinski definition) is 11. The molecule has 216 valence electrons. The fourth-order valence-corrected chi connectivity index (χ4v) is 4.59. The summed E-state index contributed by atoms with van der Waals surface area (Å²) in [5.74, 6) is 0.353. The van der Waals surface area contributed by atoms with Gasteiger partial charge in [-0.2, -0.15) is 5.10 Å². The first-order chi connectivity index (χ1) is 20.1. The highest BCUT2D eigenvalue weighted by atomic mass is 35.5. The van der Waals surface area contributed by atoms with E-state index in [0.717, 1.165) is 0 Å². The van der Waals surface area contributed by atoms with E-state index in [1.807, 2.05) is 25.7 Å². The number of nitrogens with one attached hydrogen (secondary N) is 1. The molecular weight excluding hydrogens is 567 g/mol. The van der Waals surface area contributed by atoms with Crippen LogP contribution in [0.2, 0.25) is 5.02 Å². The number of nitrogens with zero attached hydrogens (tertiary/aromatic N) is 9. The first-order valence-electron chi connectivity index (χ1n) is 13.1. The zero-order chi connectivity index (χ0) is 29.4. The second kappa shape index (κ2) is 10.9. The Kier molecular flexibility index (Phi) is 7.06. The van der Waals surface area contributed by atoms with Crippen molar-refractivity contribution in [3.63, 3.8) is 0 Å². The Morgan fingerprint density at radius 2 is 1.86 bits per heavy atom. The zero-order valence-electron chi connectivity index (χ0n) is 23.0. The van der Waals surface area contributed by atoms with E-state index in [2.05, 4.69) is 30.4 Å². The standard InChI is InChI=1S/C27H26ClFN10O3/c1-27(2,3)42-26(40)38-8-6-37(7-9-38)25-30-13-20-22(36-25)24(33-14-31-20)35-16-10-18(28)23(19(29)11-16)41-17-4-5-39-21(12-17)32-15-34-39/h4-5,10-15H,6-9H2,1-3H3,(H,31,33,35). The molecule has 0 saturated carbocycles. The molecule has 0 unspecified atom stereocenters. The second-order valence-corrected chi connectivity index (χ2v) is 10.9. The van der Waals surface area contributed by atoms with Gasteiger partial charge in [0.2, 0.25) is 5.95 Å². The van der Waals surface area contributed by atoms with E-state index < -0.39 is 11.4 Å². The Morgan fingerprint density at radius 1 is 1.05 bits per heavy atom. The number of hydrogen-bond donors (Lipinski definition) is 1. The number of amides is 1. The van der Waals surface area contributed by atoms with Gasteiger partial charge in [0.15, 0.2) is 23.0 Å². The van der Waals surface area contributed by atoms with Gasteiger partial charge in [-0.05, 0) is 32.9 Å². The Bertz CT molecular complexity index is 1760. The van der Waals surface area contributed by atoms with E-state index >= 15 is 4.39 Å². The molecule has 15 heteroatoms.